The van der Waals surface area contributed by atoms with Gasteiger partial charge >= 0.3 is 28.5 Å². The molecule has 0 unspecified atom stereocenters. The van der Waals surface area contributed by atoms with Gasteiger partial charge in [-0.3, -0.25) is 19.5 Å². The molecule has 2 amide bonds. The maximum atomic E-state index is 13.6. The summed E-state index contributed by atoms with van der Waals surface area (Å²) in [5.74, 6) is -5.99. The lowest BCUT2D eigenvalue weighted by molar-refractivity contribution is -0.656. The molecule has 56 heavy (non-hydrogen) atoms. The van der Waals surface area contributed by atoms with Crippen molar-refractivity contribution in [2.75, 3.05) is 24.1 Å². The summed E-state index contributed by atoms with van der Waals surface area (Å²) < 4.78 is 87.6. The van der Waals surface area contributed by atoms with Crippen LogP contribution in [0.5, 0.6) is 5.75 Å². The number of aryl methyl sites for hydroxylation is 2. The number of carbonyl (C=O) groups is 4. The first-order chi connectivity index (χ1) is 26.0. The van der Waals surface area contributed by atoms with E-state index in [1.165, 1.54) is 19.2 Å². The highest BCUT2D eigenvalue weighted by Crippen LogP contribution is 2.37. The number of amides is 2. The zero-order chi connectivity index (χ0) is 41.4. The van der Waals surface area contributed by atoms with Crippen LogP contribution in [0.25, 0.3) is 11.1 Å². The number of fused-ring (bicyclic) bond motifs is 1. The van der Waals surface area contributed by atoms with Gasteiger partial charge in [0.25, 0.3) is 23.2 Å². The quantitative estimate of drug-likeness (QED) is 0.0305. The van der Waals surface area contributed by atoms with Gasteiger partial charge in [0.2, 0.25) is 0 Å². The van der Waals surface area contributed by atoms with Crippen LogP contribution < -0.4 is 31.4 Å². The molecule has 0 aliphatic carbocycles. The van der Waals surface area contributed by atoms with Crippen molar-refractivity contribution in [1.29, 1.82) is 0 Å². The Labute approximate surface area is 320 Å². The molecule has 2 aliphatic heterocycles. The van der Waals surface area contributed by atoms with E-state index in [4.69, 9.17) is 25.6 Å². The van der Waals surface area contributed by atoms with Crippen LogP contribution in [0, 0.1) is 0 Å². The number of hydrogen-bond donors (Lipinski definition) is 5. The highest BCUT2D eigenvalue weighted by atomic mass is 32.3. The zero-order valence-electron chi connectivity index (χ0n) is 29.9. The molecular weight excluding hydrogens is 794 g/mol. The van der Waals surface area contributed by atoms with Crippen molar-refractivity contribution in [1.82, 2.24) is 15.4 Å². The van der Waals surface area contributed by atoms with Gasteiger partial charge in [0.1, 0.15) is 17.5 Å². The third-order valence-corrected chi connectivity index (χ3v) is 9.80. The number of oxime groups is 1. The molecule has 0 bridgehead atoms. The van der Waals surface area contributed by atoms with Crippen LogP contribution in [0.4, 0.5) is 24.1 Å². The number of thiazole rings is 1. The first-order valence-electron chi connectivity index (χ1n) is 16.4. The van der Waals surface area contributed by atoms with E-state index >= 15 is 0 Å². The minimum atomic E-state index is -5.58. The third kappa shape index (κ3) is 8.83. The van der Waals surface area contributed by atoms with Crippen LogP contribution in [0.3, 0.4) is 0 Å². The normalized spacial score (nSPS) is 19.1. The molecule has 0 spiro atoms. The van der Waals surface area contributed by atoms with Crippen molar-refractivity contribution in [2.24, 2.45) is 17.9 Å². The standard InChI is InChI=1S/C32H35F3N8O11S2/c1-30(2)24(26(45)43(30)54-56(48,49)50)40-25(44)23(19-15-55-29(37)39-19)41-53-31(3,27(46)52-28(47)32(33,34)35)21-9-6-17-13-16(5-8-20(17)51-21)18-7-10-22(38-12-11-36)42(4)14-18/h5,7-8,10,13-15,21,24H,6,9,11-12,36H2,1-4H3,(H4,37,39,40,44,48,49,50)/p+1/b41-23-/t21-,24-,31+/m1/s1. The number of aromatic nitrogens is 2. The Morgan fingerprint density at radius 1 is 1.20 bits per heavy atom. The Balaban J connectivity index is 1.45. The average Bonchev–Trinajstić information content (AvgIpc) is 3.56. The van der Waals surface area contributed by atoms with Crippen LogP contribution in [0.2, 0.25) is 0 Å². The molecule has 0 radical (unpaired) electrons. The van der Waals surface area contributed by atoms with Gasteiger partial charge in [0, 0.05) is 23.6 Å². The van der Waals surface area contributed by atoms with Crippen molar-refractivity contribution >= 4 is 62.1 Å². The predicted octanol–water partition coefficient (Wildman–Crippen LogP) is 0.933. The summed E-state index contributed by atoms with van der Waals surface area (Å²) in [6.45, 7) is 4.52. The van der Waals surface area contributed by atoms with Crippen LogP contribution in [0.15, 0.2) is 47.1 Å². The maximum Gasteiger partial charge on any atom is 0.491 e. The molecule has 302 valence electrons. The van der Waals surface area contributed by atoms with Crippen LogP contribution in [-0.2, 0) is 56.9 Å². The number of halogens is 3. The molecule has 7 N–H and O–H groups in total. The van der Waals surface area contributed by atoms with Crippen molar-refractivity contribution in [2.45, 2.75) is 63.1 Å². The van der Waals surface area contributed by atoms with Crippen molar-refractivity contribution < 1.29 is 68.5 Å². The number of hydrogen-bond acceptors (Lipinski definition) is 16. The Morgan fingerprint density at radius 2 is 1.89 bits per heavy atom. The number of anilines is 2. The summed E-state index contributed by atoms with van der Waals surface area (Å²) in [7, 11) is -3.28. The highest BCUT2D eigenvalue weighted by molar-refractivity contribution is 7.80. The molecule has 2 aliphatic rings. The molecule has 2 aromatic heterocycles. The van der Waals surface area contributed by atoms with Crippen molar-refractivity contribution in [3.05, 3.63) is 53.2 Å². The first kappa shape index (κ1) is 41.7. The number of alkyl halides is 3. The van der Waals surface area contributed by atoms with E-state index < -0.39 is 69.3 Å². The number of nitrogens with zero attached hydrogens (tertiary/aromatic N) is 4. The minimum absolute atomic E-state index is 0.0780. The van der Waals surface area contributed by atoms with Gasteiger partial charge in [-0.2, -0.15) is 26.7 Å². The molecule has 19 nitrogen and oxygen atoms in total. The Bertz CT molecular complexity index is 2200. The van der Waals surface area contributed by atoms with E-state index in [0.717, 1.165) is 35.2 Å². The maximum absolute atomic E-state index is 13.6. The fourth-order valence-electron chi connectivity index (χ4n) is 5.75. The monoisotopic (exact) mass is 829 g/mol. The SMILES string of the molecule is C[n+]1cc(-c2ccc3c(c2)CC[C@H]([C@](C)(O/N=C(\C(=O)N[C@@H]2C(=O)N(OS(=O)(=O)O)C2(C)C)c2csc(N)n2)C(=O)OC(=O)C(F)(F)F)O3)ccc1NCCN. The fraction of sp³-hybridized carbons (Fsp3) is 0.406. The summed E-state index contributed by atoms with van der Waals surface area (Å²) in [4.78, 5) is 61.1. The van der Waals surface area contributed by atoms with E-state index in [1.807, 2.05) is 36.0 Å². The number of nitrogens with one attached hydrogen (secondary N) is 2. The van der Waals surface area contributed by atoms with Crippen molar-refractivity contribution in [3.8, 4) is 16.9 Å². The Morgan fingerprint density at radius 3 is 2.48 bits per heavy atom. The van der Waals surface area contributed by atoms with E-state index in [9.17, 15) is 40.8 Å². The molecular formula is C32H36F3N8O11S2+. The molecule has 1 aromatic carbocycles. The number of β-lactam (4-membered cyclic amide) rings is 1. The molecule has 1 fully saturated rings. The lowest BCUT2D eigenvalue weighted by Gasteiger charge is -2.50. The second-order valence-corrected chi connectivity index (χ2v) is 15.1. The first-order valence-corrected chi connectivity index (χ1v) is 18.7. The number of nitrogen functional groups attached to an aromatic ring is 1. The Kier molecular flexibility index (Phi) is 11.6. The highest BCUT2D eigenvalue weighted by Gasteiger charge is 2.58. The molecule has 3 atom stereocenters. The number of rotatable bonds is 13. The van der Waals surface area contributed by atoms with Gasteiger partial charge in [0.15, 0.2) is 16.9 Å². The van der Waals surface area contributed by atoms with Gasteiger partial charge in [-0.25, -0.2) is 19.1 Å². The summed E-state index contributed by atoms with van der Waals surface area (Å²) >= 11 is 0.836. The van der Waals surface area contributed by atoms with E-state index in [0.29, 0.717) is 23.7 Å². The average molecular weight is 830 g/mol. The van der Waals surface area contributed by atoms with Gasteiger partial charge in [0.05, 0.1) is 25.3 Å². The summed E-state index contributed by atoms with van der Waals surface area (Å²) in [6.07, 6.45) is -5.06. The minimum Gasteiger partial charge on any atom is -0.485 e. The molecule has 3 aromatic rings. The summed E-state index contributed by atoms with van der Waals surface area (Å²) in [5, 5.41) is 10.7. The van der Waals surface area contributed by atoms with Gasteiger partial charge in [-0.1, -0.05) is 11.2 Å². The van der Waals surface area contributed by atoms with E-state index in [1.54, 1.807) is 12.1 Å². The van der Waals surface area contributed by atoms with E-state index in [-0.39, 0.29) is 29.4 Å². The number of benzene rings is 1. The molecule has 5 rings (SSSR count). The lowest BCUT2D eigenvalue weighted by Crippen LogP contribution is -2.76. The second-order valence-electron chi connectivity index (χ2n) is 13.2. The number of hydroxylamine groups is 2. The number of ether oxygens (including phenoxy) is 2. The number of carbonyl (C=O) groups excluding carboxylic acids is 4. The van der Waals surface area contributed by atoms with Crippen LogP contribution >= 0.6 is 11.3 Å². The number of pyridine rings is 1. The third-order valence-electron chi connectivity index (χ3n) is 8.79. The van der Waals surface area contributed by atoms with Crippen LogP contribution in [-0.4, -0.2) is 95.0 Å². The molecule has 4 heterocycles. The summed E-state index contributed by atoms with van der Waals surface area (Å²) in [6, 6.07) is 7.40. The number of esters is 2. The smallest absolute Gasteiger partial charge is 0.485 e. The van der Waals surface area contributed by atoms with Crippen molar-refractivity contribution in [3.63, 3.8) is 0 Å². The predicted molar refractivity (Wildman–Crippen MR) is 189 cm³/mol. The van der Waals surface area contributed by atoms with E-state index in [2.05, 4.69) is 29.8 Å². The fourth-order valence-corrected chi connectivity index (χ4v) is 6.75. The van der Waals surface area contributed by atoms with Gasteiger partial charge < -0.3 is 31.1 Å². The second kappa shape index (κ2) is 15.6. The lowest BCUT2D eigenvalue weighted by atomic mass is 9.84. The zero-order valence-corrected chi connectivity index (χ0v) is 31.6. The topological polar surface area (TPSA) is 268 Å². The number of nitrogens with two attached hydrogens (primary N) is 2. The largest absolute Gasteiger partial charge is 0.491 e. The van der Waals surface area contributed by atoms with Crippen LogP contribution in [0.1, 0.15) is 38.4 Å². The van der Waals surface area contributed by atoms with Gasteiger partial charge in [-0.15, -0.1) is 15.6 Å². The Hall–Kier alpha value is -5.43. The van der Waals surface area contributed by atoms with Gasteiger partial charge in [-0.05, 0) is 62.9 Å². The molecule has 1 saturated heterocycles. The molecule has 24 heteroatoms. The molecule has 0 saturated carbocycles. The summed E-state index contributed by atoms with van der Waals surface area (Å²) in [5.41, 5.74) is 8.37.